The number of aryl methyl sites for hydroxylation is 1. The third kappa shape index (κ3) is 2.34. The second-order valence-electron chi connectivity index (χ2n) is 3.55. The van der Waals surface area contributed by atoms with Crippen LogP contribution in [-0.4, -0.2) is 28.2 Å². The fourth-order valence-electron chi connectivity index (χ4n) is 0.994. The molecule has 3 nitrogen and oxygen atoms in total. The summed E-state index contributed by atoms with van der Waals surface area (Å²) in [6.45, 7) is 7.30. The molecule has 0 aliphatic heterocycles. The second-order valence-corrected chi connectivity index (χ2v) is 3.55. The second kappa shape index (κ2) is 3.72. The number of hydrogen-bond acceptors (Lipinski definition) is 2. The van der Waals surface area contributed by atoms with Gasteiger partial charge in [-0.3, -0.25) is 10.00 Å². The molecule has 12 heavy (non-hydrogen) atoms. The molecule has 0 aromatic carbocycles. The van der Waals surface area contributed by atoms with Crippen LogP contribution in [0.3, 0.4) is 0 Å². The zero-order chi connectivity index (χ0) is 9.14. The maximum absolute atomic E-state index is 4.17. The van der Waals surface area contributed by atoms with E-state index in [-0.39, 0.29) is 0 Å². The van der Waals surface area contributed by atoms with Gasteiger partial charge in [0.25, 0.3) is 0 Å². The van der Waals surface area contributed by atoms with E-state index in [9.17, 15) is 0 Å². The smallest absolute Gasteiger partial charge is 0.0765 e. The van der Waals surface area contributed by atoms with Crippen LogP contribution in [0.25, 0.3) is 0 Å². The maximum Gasteiger partial charge on any atom is 0.0765 e. The van der Waals surface area contributed by atoms with Gasteiger partial charge in [-0.15, -0.1) is 0 Å². The quantitative estimate of drug-likeness (QED) is 0.740. The van der Waals surface area contributed by atoms with Crippen molar-refractivity contribution in [2.75, 3.05) is 7.05 Å². The number of aromatic nitrogens is 2. The summed E-state index contributed by atoms with van der Waals surface area (Å²) in [7, 11) is 2.11. The third-order valence-electron chi connectivity index (χ3n) is 2.05. The highest BCUT2D eigenvalue weighted by atomic mass is 15.2. The van der Waals surface area contributed by atoms with E-state index >= 15 is 0 Å². The first kappa shape index (κ1) is 9.26. The number of H-pyrrole nitrogens is 1. The van der Waals surface area contributed by atoms with E-state index in [1.54, 1.807) is 0 Å². The Bertz CT molecular complexity index is 240. The molecule has 0 atom stereocenters. The van der Waals surface area contributed by atoms with Gasteiger partial charge in [0, 0.05) is 18.3 Å². The standard InChI is InChI=1S/C9H17N3/c1-7(2)12(4)6-9-5-8(3)10-11-9/h5,7H,6H2,1-4H3,(H,10,11). The van der Waals surface area contributed by atoms with Crippen molar-refractivity contribution in [1.82, 2.24) is 15.1 Å². The van der Waals surface area contributed by atoms with E-state index in [0.717, 1.165) is 17.9 Å². The van der Waals surface area contributed by atoms with E-state index < -0.39 is 0 Å². The summed E-state index contributed by atoms with van der Waals surface area (Å²) in [6.07, 6.45) is 0. The van der Waals surface area contributed by atoms with Crippen LogP contribution < -0.4 is 0 Å². The van der Waals surface area contributed by atoms with E-state index in [0.29, 0.717) is 6.04 Å². The number of nitrogens with one attached hydrogen (secondary N) is 1. The fourth-order valence-corrected chi connectivity index (χ4v) is 0.994. The summed E-state index contributed by atoms with van der Waals surface area (Å²) in [4.78, 5) is 2.26. The Kier molecular flexibility index (Phi) is 2.87. The Hall–Kier alpha value is -0.830. The average molecular weight is 167 g/mol. The molecule has 0 fully saturated rings. The maximum atomic E-state index is 4.17. The lowest BCUT2D eigenvalue weighted by atomic mass is 10.3. The summed E-state index contributed by atoms with van der Waals surface area (Å²) in [5.74, 6) is 0. The highest BCUT2D eigenvalue weighted by Crippen LogP contribution is 2.03. The Morgan fingerprint density at radius 3 is 2.67 bits per heavy atom. The van der Waals surface area contributed by atoms with Crippen molar-refractivity contribution in [3.63, 3.8) is 0 Å². The van der Waals surface area contributed by atoms with Gasteiger partial charge in [0.05, 0.1) is 5.69 Å². The molecule has 0 unspecified atom stereocenters. The largest absolute Gasteiger partial charge is 0.298 e. The molecule has 1 aromatic heterocycles. The molecular weight excluding hydrogens is 150 g/mol. The molecule has 0 radical (unpaired) electrons. The first-order valence-electron chi connectivity index (χ1n) is 4.30. The predicted octanol–water partition coefficient (Wildman–Crippen LogP) is 1.56. The lowest BCUT2D eigenvalue weighted by molar-refractivity contribution is 0.262. The van der Waals surface area contributed by atoms with Crippen LogP contribution in [0, 0.1) is 6.92 Å². The van der Waals surface area contributed by atoms with E-state index in [4.69, 9.17) is 0 Å². The minimum absolute atomic E-state index is 0.571. The third-order valence-corrected chi connectivity index (χ3v) is 2.05. The van der Waals surface area contributed by atoms with Crippen LogP contribution in [0.5, 0.6) is 0 Å². The normalized spacial score (nSPS) is 11.5. The lowest BCUT2D eigenvalue weighted by Gasteiger charge is -2.19. The molecule has 0 saturated heterocycles. The van der Waals surface area contributed by atoms with E-state index in [1.807, 2.05) is 6.92 Å². The van der Waals surface area contributed by atoms with Crippen molar-refractivity contribution in [3.8, 4) is 0 Å². The van der Waals surface area contributed by atoms with Crippen LogP contribution in [0.15, 0.2) is 6.07 Å². The minimum Gasteiger partial charge on any atom is -0.298 e. The van der Waals surface area contributed by atoms with Crippen molar-refractivity contribution in [1.29, 1.82) is 0 Å². The van der Waals surface area contributed by atoms with Gasteiger partial charge >= 0.3 is 0 Å². The SMILES string of the molecule is Cc1cc(CN(C)C(C)C)n[nH]1. The van der Waals surface area contributed by atoms with Crippen LogP contribution in [0.4, 0.5) is 0 Å². The van der Waals surface area contributed by atoms with Crippen molar-refractivity contribution in [3.05, 3.63) is 17.5 Å². The lowest BCUT2D eigenvalue weighted by Crippen LogP contribution is -2.25. The van der Waals surface area contributed by atoms with Gasteiger partial charge < -0.3 is 0 Å². The number of rotatable bonds is 3. The molecule has 0 aliphatic carbocycles. The van der Waals surface area contributed by atoms with Crippen LogP contribution >= 0.6 is 0 Å². The highest BCUT2D eigenvalue weighted by molar-refractivity contribution is 5.06. The van der Waals surface area contributed by atoms with Crippen molar-refractivity contribution in [2.24, 2.45) is 0 Å². The van der Waals surface area contributed by atoms with E-state index in [1.165, 1.54) is 0 Å². The molecule has 0 saturated carbocycles. The van der Waals surface area contributed by atoms with Gasteiger partial charge in [-0.05, 0) is 33.9 Å². The molecule has 0 spiro atoms. The first-order chi connectivity index (χ1) is 5.59. The molecule has 0 amide bonds. The summed E-state index contributed by atoms with van der Waals surface area (Å²) in [6, 6.07) is 2.65. The monoisotopic (exact) mass is 167 g/mol. The zero-order valence-corrected chi connectivity index (χ0v) is 8.26. The zero-order valence-electron chi connectivity index (χ0n) is 8.26. The first-order valence-corrected chi connectivity index (χ1v) is 4.30. The number of hydrogen-bond donors (Lipinski definition) is 1. The van der Waals surface area contributed by atoms with Crippen LogP contribution in [0.2, 0.25) is 0 Å². The molecule has 1 N–H and O–H groups in total. The molecule has 3 heteroatoms. The van der Waals surface area contributed by atoms with Gasteiger partial charge in [-0.1, -0.05) is 0 Å². The van der Waals surface area contributed by atoms with Gasteiger partial charge in [0.15, 0.2) is 0 Å². The Labute approximate surface area is 73.8 Å². The number of nitrogens with zero attached hydrogens (tertiary/aromatic N) is 2. The Balaban J connectivity index is 2.52. The molecule has 1 heterocycles. The molecule has 0 aliphatic rings. The topological polar surface area (TPSA) is 31.9 Å². The van der Waals surface area contributed by atoms with Crippen molar-refractivity contribution >= 4 is 0 Å². The van der Waals surface area contributed by atoms with Crippen molar-refractivity contribution in [2.45, 2.75) is 33.4 Å². The average Bonchev–Trinajstić information content (AvgIpc) is 2.35. The molecule has 1 aromatic rings. The fraction of sp³-hybridized carbons (Fsp3) is 0.667. The summed E-state index contributed by atoms with van der Waals surface area (Å²) in [5, 5.41) is 7.11. The molecular formula is C9H17N3. The van der Waals surface area contributed by atoms with E-state index in [2.05, 4.69) is 42.1 Å². The summed E-state index contributed by atoms with van der Waals surface area (Å²) in [5.41, 5.74) is 2.24. The van der Waals surface area contributed by atoms with Gasteiger partial charge in [0.2, 0.25) is 0 Å². The van der Waals surface area contributed by atoms with Gasteiger partial charge in [-0.25, -0.2) is 0 Å². The van der Waals surface area contributed by atoms with Crippen LogP contribution in [0.1, 0.15) is 25.2 Å². The summed E-state index contributed by atoms with van der Waals surface area (Å²) < 4.78 is 0. The predicted molar refractivity (Wildman–Crippen MR) is 49.9 cm³/mol. The van der Waals surface area contributed by atoms with Crippen molar-refractivity contribution < 1.29 is 0 Å². The number of aromatic amines is 1. The Morgan fingerprint density at radius 2 is 2.25 bits per heavy atom. The van der Waals surface area contributed by atoms with Gasteiger partial charge in [0.1, 0.15) is 0 Å². The van der Waals surface area contributed by atoms with Gasteiger partial charge in [-0.2, -0.15) is 5.10 Å². The molecule has 68 valence electrons. The minimum atomic E-state index is 0.571. The Morgan fingerprint density at radius 1 is 1.58 bits per heavy atom. The molecule has 0 bridgehead atoms. The summed E-state index contributed by atoms with van der Waals surface area (Å²) >= 11 is 0. The highest BCUT2D eigenvalue weighted by Gasteiger charge is 2.05. The van der Waals surface area contributed by atoms with Crippen LogP contribution in [-0.2, 0) is 6.54 Å². The molecule has 1 rings (SSSR count).